The van der Waals surface area contributed by atoms with Gasteiger partial charge in [-0.1, -0.05) is 30.3 Å². The lowest BCUT2D eigenvalue weighted by molar-refractivity contribution is 0.185. The molecule has 2 unspecified atom stereocenters. The number of hydrogen-bond donors (Lipinski definition) is 1. The molecule has 3 nitrogen and oxygen atoms in total. The number of hydrogen-bond acceptors (Lipinski definition) is 3. The first-order chi connectivity index (χ1) is 7.66. The predicted molar refractivity (Wildman–Crippen MR) is 63.9 cm³/mol. The highest BCUT2D eigenvalue weighted by Gasteiger charge is 2.42. The number of benzene rings is 1. The first kappa shape index (κ1) is 11.6. The van der Waals surface area contributed by atoms with Crippen molar-refractivity contribution < 1.29 is 9.76 Å². The molecule has 0 aliphatic carbocycles. The SMILES string of the molecule is CO[B]N1CC(O)CC1(C)c1ccccc1. The molecule has 2 atom stereocenters. The second kappa shape index (κ2) is 4.57. The molecule has 1 saturated heterocycles. The maximum atomic E-state index is 9.81. The van der Waals surface area contributed by atoms with Gasteiger partial charge >= 0.3 is 7.62 Å². The Morgan fingerprint density at radius 2 is 2.12 bits per heavy atom. The van der Waals surface area contributed by atoms with Crippen molar-refractivity contribution in [2.24, 2.45) is 0 Å². The molecule has 0 bridgehead atoms. The topological polar surface area (TPSA) is 32.7 Å². The zero-order valence-corrected chi connectivity index (χ0v) is 9.76. The quantitative estimate of drug-likeness (QED) is 0.772. The van der Waals surface area contributed by atoms with Crippen molar-refractivity contribution in [3.8, 4) is 0 Å². The number of β-amino-alcohol motifs (C(OH)–C–C–N with tert-alkyl or cyclic N) is 1. The number of rotatable bonds is 3. The molecule has 1 aliphatic rings. The van der Waals surface area contributed by atoms with E-state index < -0.39 is 0 Å². The van der Waals surface area contributed by atoms with Crippen LogP contribution in [0.3, 0.4) is 0 Å². The van der Waals surface area contributed by atoms with Crippen molar-refractivity contribution in [3.05, 3.63) is 35.9 Å². The molecule has 4 heteroatoms. The van der Waals surface area contributed by atoms with Gasteiger partial charge in [-0.3, -0.25) is 0 Å². The predicted octanol–water partition coefficient (Wildman–Crippen LogP) is 1.15. The summed E-state index contributed by atoms with van der Waals surface area (Å²) in [5.41, 5.74) is 1.04. The van der Waals surface area contributed by atoms with Gasteiger partial charge in [-0.25, -0.2) is 0 Å². The van der Waals surface area contributed by atoms with Gasteiger partial charge in [0.05, 0.1) is 6.10 Å². The summed E-state index contributed by atoms with van der Waals surface area (Å²) >= 11 is 0. The van der Waals surface area contributed by atoms with Gasteiger partial charge in [0.25, 0.3) is 0 Å². The number of nitrogens with zero attached hydrogens (tertiary/aromatic N) is 1. The Kier molecular flexibility index (Phi) is 3.33. The van der Waals surface area contributed by atoms with Crippen molar-refractivity contribution in [1.29, 1.82) is 0 Å². The summed E-state index contributed by atoms with van der Waals surface area (Å²) in [7, 11) is 3.33. The zero-order valence-electron chi connectivity index (χ0n) is 9.76. The highest BCUT2D eigenvalue weighted by molar-refractivity contribution is 6.23. The fraction of sp³-hybridized carbons (Fsp3) is 0.500. The van der Waals surface area contributed by atoms with Crippen LogP contribution in [0.4, 0.5) is 0 Å². The molecule has 1 N–H and O–H groups in total. The van der Waals surface area contributed by atoms with Crippen LogP contribution in [0.25, 0.3) is 0 Å². The third kappa shape index (κ3) is 2.01. The van der Waals surface area contributed by atoms with Crippen LogP contribution in [0.5, 0.6) is 0 Å². The van der Waals surface area contributed by atoms with Crippen molar-refractivity contribution in [2.75, 3.05) is 13.7 Å². The molecule has 0 spiro atoms. The zero-order chi connectivity index (χ0) is 11.6. The molecular weight excluding hydrogens is 201 g/mol. The van der Waals surface area contributed by atoms with E-state index in [4.69, 9.17) is 4.65 Å². The number of aliphatic hydroxyl groups excluding tert-OH is 1. The third-order valence-corrected chi connectivity index (χ3v) is 3.30. The first-order valence-corrected chi connectivity index (χ1v) is 5.53. The Labute approximate surface area is 97.3 Å². The van der Waals surface area contributed by atoms with Crippen molar-refractivity contribution in [1.82, 2.24) is 4.81 Å². The van der Waals surface area contributed by atoms with E-state index in [1.807, 2.05) is 18.2 Å². The Morgan fingerprint density at radius 1 is 1.44 bits per heavy atom. The lowest BCUT2D eigenvalue weighted by atomic mass is 9.86. The summed E-state index contributed by atoms with van der Waals surface area (Å²) in [5, 5.41) is 9.81. The summed E-state index contributed by atoms with van der Waals surface area (Å²) in [4.78, 5) is 2.06. The summed E-state index contributed by atoms with van der Waals surface area (Å²) in [5.74, 6) is 0. The van der Waals surface area contributed by atoms with E-state index in [9.17, 15) is 5.11 Å². The van der Waals surface area contributed by atoms with Gasteiger partial charge in [0.2, 0.25) is 0 Å². The lowest BCUT2D eigenvalue weighted by Gasteiger charge is -2.34. The summed E-state index contributed by atoms with van der Waals surface area (Å²) in [6, 6.07) is 10.2. The van der Waals surface area contributed by atoms with Crippen LogP contribution >= 0.6 is 0 Å². The van der Waals surface area contributed by atoms with Gasteiger partial charge < -0.3 is 14.6 Å². The Bertz CT molecular complexity index is 346. The Hall–Kier alpha value is -0.835. The highest BCUT2D eigenvalue weighted by Crippen LogP contribution is 2.37. The summed E-state index contributed by atoms with van der Waals surface area (Å²) in [6.07, 6.45) is 0.438. The smallest absolute Gasteiger partial charge is 0.399 e. The van der Waals surface area contributed by atoms with E-state index in [2.05, 4.69) is 23.9 Å². The van der Waals surface area contributed by atoms with Crippen LogP contribution in [-0.4, -0.2) is 37.3 Å². The normalized spacial score (nSPS) is 30.6. The molecule has 1 radical (unpaired) electrons. The molecule has 0 amide bonds. The van der Waals surface area contributed by atoms with E-state index in [0.717, 1.165) is 6.42 Å². The van der Waals surface area contributed by atoms with E-state index >= 15 is 0 Å². The molecule has 0 aromatic heterocycles. The molecular formula is C12H17BNO2. The second-order valence-corrected chi connectivity index (χ2v) is 4.49. The van der Waals surface area contributed by atoms with Crippen LogP contribution in [0.2, 0.25) is 0 Å². The van der Waals surface area contributed by atoms with Crippen LogP contribution in [-0.2, 0) is 10.2 Å². The molecule has 1 aromatic rings. The van der Waals surface area contributed by atoms with Crippen LogP contribution < -0.4 is 0 Å². The average Bonchev–Trinajstić information content (AvgIpc) is 2.57. The summed E-state index contributed by atoms with van der Waals surface area (Å²) in [6.45, 7) is 2.76. The van der Waals surface area contributed by atoms with Gasteiger partial charge in [-0.15, -0.1) is 0 Å². The second-order valence-electron chi connectivity index (χ2n) is 4.49. The standard InChI is InChI=1S/C12H17BNO2/c1-12(10-6-4-3-5-7-10)8-11(15)9-14(12)13-16-2/h3-7,11,15H,8-9H2,1-2H3. The maximum Gasteiger partial charge on any atom is 0.399 e. The van der Waals surface area contributed by atoms with Crippen molar-refractivity contribution in [3.63, 3.8) is 0 Å². The molecule has 16 heavy (non-hydrogen) atoms. The van der Waals surface area contributed by atoms with Crippen LogP contribution in [0, 0.1) is 0 Å². The third-order valence-electron chi connectivity index (χ3n) is 3.30. The molecule has 1 fully saturated rings. The maximum absolute atomic E-state index is 9.81. The summed E-state index contributed by atoms with van der Waals surface area (Å²) < 4.78 is 5.08. The molecule has 85 valence electrons. The van der Waals surface area contributed by atoms with Gasteiger partial charge in [0.15, 0.2) is 0 Å². The van der Waals surface area contributed by atoms with E-state index in [0.29, 0.717) is 6.54 Å². The first-order valence-electron chi connectivity index (χ1n) is 5.53. The average molecular weight is 218 g/mol. The van der Waals surface area contributed by atoms with Gasteiger partial charge in [-0.05, 0) is 18.9 Å². The van der Waals surface area contributed by atoms with E-state index in [-0.39, 0.29) is 11.6 Å². The fourth-order valence-electron chi connectivity index (χ4n) is 2.44. The molecule has 1 aliphatic heterocycles. The molecule has 1 aromatic carbocycles. The van der Waals surface area contributed by atoms with Crippen LogP contribution in [0.1, 0.15) is 18.9 Å². The van der Waals surface area contributed by atoms with E-state index in [1.54, 1.807) is 14.7 Å². The van der Waals surface area contributed by atoms with Gasteiger partial charge in [0.1, 0.15) is 0 Å². The Balaban J connectivity index is 2.28. The fourth-order valence-corrected chi connectivity index (χ4v) is 2.44. The number of aliphatic hydroxyl groups is 1. The largest absolute Gasteiger partial charge is 0.427 e. The van der Waals surface area contributed by atoms with Gasteiger partial charge in [0, 0.05) is 19.2 Å². The minimum atomic E-state index is -0.295. The van der Waals surface area contributed by atoms with Crippen molar-refractivity contribution in [2.45, 2.75) is 25.0 Å². The molecule has 1 heterocycles. The minimum Gasteiger partial charge on any atom is -0.427 e. The highest BCUT2D eigenvalue weighted by atomic mass is 16.4. The molecule has 0 saturated carbocycles. The monoisotopic (exact) mass is 218 g/mol. The van der Waals surface area contributed by atoms with Gasteiger partial charge in [-0.2, -0.15) is 0 Å². The molecule has 2 rings (SSSR count). The lowest BCUT2D eigenvalue weighted by Crippen LogP contribution is -2.41. The van der Waals surface area contributed by atoms with E-state index in [1.165, 1.54) is 5.56 Å². The minimum absolute atomic E-state index is 0.170. The Morgan fingerprint density at radius 3 is 2.75 bits per heavy atom. The van der Waals surface area contributed by atoms with Crippen LogP contribution in [0.15, 0.2) is 30.3 Å². The van der Waals surface area contributed by atoms with Crippen molar-refractivity contribution >= 4 is 7.62 Å².